The van der Waals surface area contributed by atoms with Crippen molar-refractivity contribution >= 4 is 15.7 Å². The first kappa shape index (κ1) is 28.1. The zero-order valence-corrected chi connectivity index (χ0v) is 22.2. The van der Waals surface area contributed by atoms with E-state index < -0.39 is 16.1 Å². The van der Waals surface area contributed by atoms with Gasteiger partial charge in [-0.2, -0.15) is 0 Å². The molecule has 4 rings (SSSR count). The number of aliphatic hydroxyl groups is 1. The largest absolute Gasteiger partial charge is 0.506 e. The molecule has 0 aromatic heterocycles. The lowest BCUT2D eigenvalue weighted by Crippen LogP contribution is -2.28. The van der Waals surface area contributed by atoms with Crippen LogP contribution in [0, 0.1) is 5.82 Å². The predicted molar refractivity (Wildman–Crippen MR) is 150 cm³/mol. The first-order chi connectivity index (χ1) is 18.7. The van der Waals surface area contributed by atoms with Gasteiger partial charge in [-0.05, 0) is 65.1 Å². The van der Waals surface area contributed by atoms with Crippen LogP contribution in [0.25, 0.3) is 0 Å². The first-order valence-corrected chi connectivity index (χ1v) is 14.3. The Bertz CT molecular complexity index is 1460. The Morgan fingerprint density at radius 2 is 1.54 bits per heavy atom. The normalized spacial score (nSPS) is 13.0. The number of aromatic hydroxyl groups is 1. The van der Waals surface area contributed by atoms with E-state index in [-0.39, 0.29) is 29.8 Å². The third-order valence-electron chi connectivity index (χ3n) is 6.14. The van der Waals surface area contributed by atoms with Gasteiger partial charge in [-0.25, -0.2) is 12.8 Å². The standard InChI is InChI=1S/C30H31FN2O5S/c1-39(36,37)33-28-18-24(11-16-29(28)34)30(35)19-32-27(17-21-7-12-25(31)13-8-21)23-9-14-26(15-10-23)38-20-22-5-3-2-4-6-22/h2-16,18,27,30,32-35H,17,19-20H2,1H3. The van der Waals surface area contributed by atoms with E-state index in [0.717, 1.165) is 28.7 Å². The van der Waals surface area contributed by atoms with Crippen LogP contribution in [0.4, 0.5) is 10.1 Å². The van der Waals surface area contributed by atoms with Crippen molar-refractivity contribution in [1.29, 1.82) is 0 Å². The van der Waals surface area contributed by atoms with E-state index in [4.69, 9.17) is 4.74 Å². The summed E-state index contributed by atoms with van der Waals surface area (Å²) in [5.41, 5.74) is 3.34. The molecule has 0 aliphatic heterocycles. The highest BCUT2D eigenvalue weighted by molar-refractivity contribution is 7.92. The van der Waals surface area contributed by atoms with Crippen molar-refractivity contribution in [2.24, 2.45) is 0 Å². The third-order valence-corrected chi connectivity index (χ3v) is 6.73. The lowest BCUT2D eigenvalue weighted by Gasteiger charge is -2.22. The second-order valence-corrected chi connectivity index (χ2v) is 11.0. The van der Waals surface area contributed by atoms with Gasteiger partial charge in [-0.15, -0.1) is 0 Å². The number of hydrogen-bond donors (Lipinski definition) is 4. The minimum atomic E-state index is -3.61. The molecule has 2 atom stereocenters. The van der Waals surface area contributed by atoms with E-state index in [1.807, 2.05) is 54.6 Å². The molecule has 0 aliphatic carbocycles. The highest BCUT2D eigenvalue weighted by Gasteiger charge is 2.17. The molecule has 2 unspecified atom stereocenters. The van der Waals surface area contributed by atoms with Crippen LogP contribution < -0.4 is 14.8 Å². The quantitative estimate of drug-likeness (QED) is 0.183. The molecule has 204 valence electrons. The van der Waals surface area contributed by atoms with Gasteiger partial charge in [-0.1, -0.05) is 60.7 Å². The molecule has 0 heterocycles. The second-order valence-electron chi connectivity index (χ2n) is 9.30. The molecular formula is C30H31FN2O5S. The predicted octanol–water partition coefficient (Wildman–Crippen LogP) is 5.09. The van der Waals surface area contributed by atoms with Gasteiger partial charge in [0, 0.05) is 12.6 Å². The number of ether oxygens (including phenoxy) is 1. The van der Waals surface area contributed by atoms with Gasteiger partial charge < -0.3 is 20.3 Å². The fourth-order valence-corrected chi connectivity index (χ4v) is 4.68. The molecule has 9 heteroatoms. The number of sulfonamides is 1. The molecule has 0 spiro atoms. The van der Waals surface area contributed by atoms with Crippen LogP contribution in [0.2, 0.25) is 0 Å². The average Bonchev–Trinajstić information content (AvgIpc) is 2.92. The summed E-state index contributed by atoms with van der Waals surface area (Å²) in [6, 6.07) is 27.8. The molecule has 0 amide bonds. The molecule has 39 heavy (non-hydrogen) atoms. The van der Waals surface area contributed by atoms with Crippen LogP contribution in [-0.2, 0) is 23.1 Å². The first-order valence-electron chi connectivity index (χ1n) is 12.4. The summed E-state index contributed by atoms with van der Waals surface area (Å²) in [4.78, 5) is 0. The van der Waals surface area contributed by atoms with E-state index in [9.17, 15) is 23.0 Å². The van der Waals surface area contributed by atoms with Crippen molar-refractivity contribution < 1.29 is 27.8 Å². The number of aliphatic hydroxyl groups excluding tert-OH is 1. The van der Waals surface area contributed by atoms with E-state index >= 15 is 0 Å². The SMILES string of the molecule is CS(=O)(=O)Nc1cc(C(O)CNC(Cc2ccc(F)cc2)c2ccc(OCc3ccccc3)cc2)ccc1O. The minimum Gasteiger partial charge on any atom is -0.506 e. The van der Waals surface area contributed by atoms with Crippen molar-refractivity contribution in [3.63, 3.8) is 0 Å². The maximum Gasteiger partial charge on any atom is 0.229 e. The van der Waals surface area contributed by atoms with Gasteiger partial charge in [0.2, 0.25) is 10.0 Å². The zero-order valence-electron chi connectivity index (χ0n) is 21.4. The molecule has 7 nitrogen and oxygen atoms in total. The van der Waals surface area contributed by atoms with Gasteiger partial charge >= 0.3 is 0 Å². The number of benzene rings is 4. The van der Waals surface area contributed by atoms with Crippen molar-refractivity contribution in [3.8, 4) is 11.5 Å². The van der Waals surface area contributed by atoms with Crippen LogP contribution in [0.3, 0.4) is 0 Å². The number of anilines is 1. The Balaban J connectivity index is 1.48. The Kier molecular flexibility index (Phi) is 9.19. The molecule has 0 aliphatic rings. The van der Waals surface area contributed by atoms with Crippen LogP contribution in [0.5, 0.6) is 11.5 Å². The molecule has 0 fully saturated rings. The smallest absolute Gasteiger partial charge is 0.229 e. The van der Waals surface area contributed by atoms with Crippen LogP contribution in [0.15, 0.2) is 97.1 Å². The number of phenols is 1. The molecule has 0 saturated heterocycles. The van der Waals surface area contributed by atoms with Gasteiger partial charge in [0.25, 0.3) is 0 Å². The maximum absolute atomic E-state index is 13.5. The molecular weight excluding hydrogens is 519 g/mol. The Morgan fingerprint density at radius 1 is 0.872 bits per heavy atom. The summed E-state index contributed by atoms with van der Waals surface area (Å²) in [7, 11) is -3.61. The number of nitrogens with one attached hydrogen (secondary N) is 2. The summed E-state index contributed by atoms with van der Waals surface area (Å²) in [5, 5.41) is 24.2. The number of rotatable bonds is 12. The molecule has 4 aromatic carbocycles. The molecule has 0 radical (unpaired) electrons. The van der Waals surface area contributed by atoms with Crippen molar-refractivity contribution in [2.45, 2.75) is 25.2 Å². The van der Waals surface area contributed by atoms with Gasteiger partial charge in [0.15, 0.2) is 0 Å². The minimum absolute atomic E-state index is 0.0111. The van der Waals surface area contributed by atoms with Crippen molar-refractivity contribution in [2.75, 3.05) is 17.5 Å². The highest BCUT2D eigenvalue weighted by atomic mass is 32.2. The summed E-state index contributed by atoms with van der Waals surface area (Å²) >= 11 is 0. The van der Waals surface area contributed by atoms with Crippen molar-refractivity contribution in [1.82, 2.24) is 5.32 Å². The van der Waals surface area contributed by atoms with Crippen LogP contribution >= 0.6 is 0 Å². The number of halogens is 1. The van der Waals surface area contributed by atoms with Gasteiger partial charge in [0.1, 0.15) is 23.9 Å². The van der Waals surface area contributed by atoms with Crippen LogP contribution in [-0.4, -0.2) is 31.4 Å². The molecule has 0 bridgehead atoms. The van der Waals surface area contributed by atoms with E-state index in [1.54, 1.807) is 12.1 Å². The lowest BCUT2D eigenvalue weighted by atomic mass is 9.98. The highest BCUT2D eigenvalue weighted by Crippen LogP contribution is 2.29. The molecule has 4 N–H and O–H groups in total. The van der Waals surface area contributed by atoms with E-state index in [2.05, 4.69) is 10.0 Å². The van der Waals surface area contributed by atoms with Gasteiger partial charge in [-0.3, -0.25) is 4.72 Å². The van der Waals surface area contributed by atoms with Gasteiger partial charge in [0.05, 0.1) is 18.0 Å². The van der Waals surface area contributed by atoms with E-state index in [1.165, 1.54) is 30.3 Å². The topological polar surface area (TPSA) is 108 Å². The van der Waals surface area contributed by atoms with Crippen LogP contribution in [0.1, 0.15) is 34.4 Å². The Morgan fingerprint density at radius 3 is 2.21 bits per heavy atom. The summed E-state index contributed by atoms with van der Waals surface area (Å²) in [5.74, 6) is 0.163. The molecule has 0 saturated carbocycles. The Hall–Kier alpha value is -3.92. The monoisotopic (exact) mass is 550 g/mol. The summed E-state index contributed by atoms with van der Waals surface area (Å²) < 4.78 is 44.8. The number of phenolic OH excluding ortho intramolecular Hbond substituents is 1. The summed E-state index contributed by atoms with van der Waals surface area (Å²) in [6.07, 6.45) is 0.526. The fourth-order valence-electron chi connectivity index (χ4n) is 4.12. The fraction of sp³-hybridized carbons (Fsp3) is 0.200. The molecule has 4 aromatic rings. The van der Waals surface area contributed by atoms with E-state index in [0.29, 0.717) is 18.6 Å². The third kappa shape index (κ3) is 8.54. The lowest BCUT2D eigenvalue weighted by molar-refractivity contribution is 0.169. The zero-order chi connectivity index (χ0) is 27.8. The summed E-state index contributed by atoms with van der Waals surface area (Å²) in [6.45, 7) is 0.591. The number of hydrogen-bond acceptors (Lipinski definition) is 6. The second kappa shape index (κ2) is 12.8. The van der Waals surface area contributed by atoms with Crippen molar-refractivity contribution in [3.05, 3.63) is 125 Å². The Labute approximate surface area is 228 Å². The average molecular weight is 551 g/mol. The maximum atomic E-state index is 13.5.